The van der Waals surface area contributed by atoms with Crippen molar-refractivity contribution in [1.29, 1.82) is 0 Å². The Balaban J connectivity index is 1.92. The van der Waals surface area contributed by atoms with Crippen molar-refractivity contribution in [3.63, 3.8) is 0 Å². The van der Waals surface area contributed by atoms with Crippen molar-refractivity contribution >= 4 is 10.0 Å². The SMILES string of the molecule is Cc1c(F)cc(CO)cc1S(=O)(=O)NC(C1CC1)C1CC1. The van der Waals surface area contributed by atoms with Gasteiger partial charge in [-0.25, -0.2) is 17.5 Å². The molecule has 0 spiro atoms. The molecule has 2 aliphatic carbocycles. The van der Waals surface area contributed by atoms with Gasteiger partial charge in [-0.2, -0.15) is 0 Å². The molecule has 6 heteroatoms. The molecule has 2 N–H and O–H groups in total. The van der Waals surface area contributed by atoms with Gasteiger partial charge in [0, 0.05) is 11.6 Å². The van der Waals surface area contributed by atoms with E-state index in [1.54, 1.807) is 0 Å². The number of aliphatic hydroxyl groups is 1. The first-order valence-corrected chi connectivity index (χ1v) is 8.83. The van der Waals surface area contributed by atoms with E-state index >= 15 is 0 Å². The minimum atomic E-state index is -3.76. The van der Waals surface area contributed by atoms with Crippen molar-refractivity contribution in [2.75, 3.05) is 0 Å². The van der Waals surface area contributed by atoms with Gasteiger partial charge >= 0.3 is 0 Å². The van der Waals surface area contributed by atoms with Crippen molar-refractivity contribution in [3.8, 4) is 0 Å². The molecule has 0 atom stereocenters. The van der Waals surface area contributed by atoms with E-state index in [1.807, 2.05) is 0 Å². The van der Waals surface area contributed by atoms with Crippen LogP contribution in [0, 0.1) is 24.6 Å². The molecule has 0 unspecified atom stereocenters. The van der Waals surface area contributed by atoms with Crippen LogP contribution in [-0.4, -0.2) is 19.6 Å². The summed E-state index contributed by atoms with van der Waals surface area (Å²) in [6, 6.07) is 2.51. The first-order valence-electron chi connectivity index (χ1n) is 7.34. The Morgan fingerprint density at radius 2 is 1.86 bits per heavy atom. The summed E-state index contributed by atoms with van der Waals surface area (Å²) in [6.45, 7) is 1.07. The quantitative estimate of drug-likeness (QED) is 0.845. The van der Waals surface area contributed by atoms with Gasteiger partial charge in [0.05, 0.1) is 11.5 Å². The van der Waals surface area contributed by atoms with Crippen molar-refractivity contribution in [3.05, 3.63) is 29.1 Å². The maximum Gasteiger partial charge on any atom is 0.241 e. The Labute approximate surface area is 124 Å². The number of nitrogens with one attached hydrogen (secondary N) is 1. The summed E-state index contributed by atoms with van der Waals surface area (Å²) in [5, 5.41) is 9.14. The first-order chi connectivity index (χ1) is 9.92. The molecule has 0 aromatic heterocycles. The molecule has 1 aromatic carbocycles. The lowest BCUT2D eigenvalue weighted by Gasteiger charge is -2.19. The molecule has 2 aliphatic rings. The zero-order chi connectivity index (χ0) is 15.2. The highest BCUT2D eigenvalue weighted by Gasteiger charge is 2.43. The van der Waals surface area contributed by atoms with Crippen molar-refractivity contribution in [2.45, 2.75) is 50.2 Å². The lowest BCUT2D eigenvalue weighted by molar-refractivity contribution is 0.281. The molecule has 0 heterocycles. The Morgan fingerprint density at radius 1 is 1.29 bits per heavy atom. The summed E-state index contributed by atoms with van der Waals surface area (Å²) in [4.78, 5) is -0.0575. The van der Waals surface area contributed by atoms with Crippen LogP contribution in [-0.2, 0) is 16.6 Å². The van der Waals surface area contributed by atoms with Crippen LogP contribution in [0.25, 0.3) is 0 Å². The third kappa shape index (κ3) is 3.12. The molecule has 21 heavy (non-hydrogen) atoms. The Bertz CT molecular complexity index is 639. The Kier molecular flexibility index (Phi) is 3.80. The summed E-state index contributed by atoms with van der Waals surface area (Å²) in [6.07, 6.45) is 4.25. The van der Waals surface area contributed by atoms with E-state index in [4.69, 9.17) is 5.11 Å². The zero-order valence-corrected chi connectivity index (χ0v) is 12.8. The number of halogens is 1. The minimum Gasteiger partial charge on any atom is -0.392 e. The number of hydrogen-bond acceptors (Lipinski definition) is 3. The third-order valence-corrected chi connectivity index (χ3v) is 5.97. The van der Waals surface area contributed by atoms with E-state index in [0.29, 0.717) is 11.8 Å². The van der Waals surface area contributed by atoms with E-state index in [-0.39, 0.29) is 28.7 Å². The van der Waals surface area contributed by atoms with Crippen LogP contribution >= 0.6 is 0 Å². The fourth-order valence-corrected chi connectivity index (χ4v) is 4.49. The highest BCUT2D eigenvalue weighted by atomic mass is 32.2. The topological polar surface area (TPSA) is 66.4 Å². The molecule has 3 rings (SSSR count). The summed E-state index contributed by atoms with van der Waals surface area (Å²) < 4.78 is 41.8. The Hall–Kier alpha value is -0.980. The van der Waals surface area contributed by atoms with Gasteiger partial charge in [-0.1, -0.05) is 0 Å². The molecule has 1 aromatic rings. The van der Waals surface area contributed by atoms with Crippen LogP contribution < -0.4 is 4.72 Å². The predicted octanol–water partition coefficient (Wildman–Crippen LogP) is 2.09. The van der Waals surface area contributed by atoms with E-state index < -0.39 is 15.8 Å². The number of aliphatic hydroxyl groups excluding tert-OH is 1. The highest BCUT2D eigenvalue weighted by molar-refractivity contribution is 7.89. The van der Waals surface area contributed by atoms with Crippen molar-refractivity contribution < 1.29 is 17.9 Å². The summed E-state index contributed by atoms with van der Waals surface area (Å²) >= 11 is 0. The smallest absolute Gasteiger partial charge is 0.241 e. The van der Waals surface area contributed by atoms with Crippen LogP contribution in [0.4, 0.5) is 4.39 Å². The molecular weight excluding hydrogens is 293 g/mol. The van der Waals surface area contributed by atoms with E-state index in [0.717, 1.165) is 25.7 Å². The highest BCUT2D eigenvalue weighted by Crippen LogP contribution is 2.45. The monoisotopic (exact) mass is 313 g/mol. The van der Waals surface area contributed by atoms with Gasteiger partial charge in [-0.05, 0) is 62.1 Å². The average molecular weight is 313 g/mol. The molecule has 0 saturated heterocycles. The van der Waals surface area contributed by atoms with Gasteiger partial charge in [0.15, 0.2) is 0 Å². The number of sulfonamides is 1. The summed E-state index contributed by atoms with van der Waals surface area (Å²) in [5.41, 5.74) is 0.373. The van der Waals surface area contributed by atoms with Gasteiger partial charge in [0.2, 0.25) is 10.0 Å². The molecule has 0 aliphatic heterocycles. The maximum absolute atomic E-state index is 13.8. The van der Waals surface area contributed by atoms with Gasteiger partial charge in [0.1, 0.15) is 5.82 Å². The normalized spacial score (nSPS) is 19.2. The lowest BCUT2D eigenvalue weighted by Crippen LogP contribution is -2.38. The number of benzene rings is 1. The van der Waals surface area contributed by atoms with Crippen LogP contribution in [0.1, 0.15) is 36.8 Å². The molecule has 0 radical (unpaired) electrons. The molecule has 0 amide bonds. The van der Waals surface area contributed by atoms with Gasteiger partial charge in [0.25, 0.3) is 0 Å². The summed E-state index contributed by atoms with van der Waals surface area (Å²) in [5.74, 6) is 0.258. The second-order valence-corrected chi connectivity index (χ2v) is 7.86. The van der Waals surface area contributed by atoms with Crippen molar-refractivity contribution in [1.82, 2.24) is 4.72 Å². The summed E-state index contributed by atoms with van der Waals surface area (Å²) in [7, 11) is -3.76. The van der Waals surface area contributed by atoms with Gasteiger partial charge in [-0.15, -0.1) is 0 Å². The van der Waals surface area contributed by atoms with Crippen molar-refractivity contribution in [2.24, 2.45) is 11.8 Å². The van der Waals surface area contributed by atoms with Crippen LogP contribution in [0.3, 0.4) is 0 Å². The van der Waals surface area contributed by atoms with Crippen LogP contribution in [0.2, 0.25) is 0 Å². The fraction of sp³-hybridized carbons (Fsp3) is 0.600. The zero-order valence-electron chi connectivity index (χ0n) is 12.0. The minimum absolute atomic E-state index is 0.0183. The fourth-order valence-electron chi connectivity index (χ4n) is 2.81. The number of rotatable bonds is 6. The average Bonchev–Trinajstić information content (AvgIpc) is 3.30. The molecule has 116 valence electrons. The van der Waals surface area contributed by atoms with Crippen LogP contribution in [0.15, 0.2) is 17.0 Å². The van der Waals surface area contributed by atoms with Gasteiger partial charge < -0.3 is 5.11 Å². The molecule has 2 fully saturated rings. The van der Waals surface area contributed by atoms with Crippen LogP contribution in [0.5, 0.6) is 0 Å². The predicted molar refractivity (Wildman–Crippen MR) is 76.6 cm³/mol. The molecular formula is C15H20FNO3S. The third-order valence-electron chi connectivity index (χ3n) is 4.38. The molecule has 4 nitrogen and oxygen atoms in total. The first kappa shape index (κ1) is 14.9. The number of hydrogen-bond donors (Lipinski definition) is 2. The second-order valence-electron chi connectivity index (χ2n) is 6.18. The van der Waals surface area contributed by atoms with Gasteiger partial charge in [-0.3, -0.25) is 0 Å². The molecule has 2 saturated carbocycles. The van der Waals surface area contributed by atoms with E-state index in [2.05, 4.69) is 4.72 Å². The maximum atomic E-state index is 13.8. The molecule has 0 bridgehead atoms. The largest absolute Gasteiger partial charge is 0.392 e. The van der Waals surface area contributed by atoms with E-state index in [1.165, 1.54) is 19.1 Å². The van der Waals surface area contributed by atoms with E-state index in [9.17, 15) is 12.8 Å². The lowest BCUT2D eigenvalue weighted by atomic mass is 10.1. The Morgan fingerprint density at radius 3 is 2.33 bits per heavy atom. The standard InChI is InChI=1S/C15H20FNO3S/c1-9-13(16)6-10(8-18)7-14(9)21(19,20)17-15(11-2-3-11)12-4-5-12/h6-7,11-12,15,17-18H,2-5,8H2,1H3. The second kappa shape index (κ2) is 5.34.